The molecule has 1 amide bonds. The van der Waals surface area contributed by atoms with Crippen LogP contribution in [0.15, 0.2) is 65.6 Å². The molecule has 0 saturated carbocycles. The predicted molar refractivity (Wildman–Crippen MR) is 166 cm³/mol. The van der Waals surface area contributed by atoms with E-state index in [9.17, 15) is 14.3 Å². The fraction of sp³-hybridized carbons (Fsp3) is 0.375. The van der Waals surface area contributed by atoms with Gasteiger partial charge in [-0.1, -0.05) is 30.3 Å². The van der Waals surface area contributed by atoms with Crippen molar-refractivity contribution in [3.8, 4) is 6.07 Å². The number of piperidine rings is 1. The average molecular weight is 571 g/mol. The number of hydrogen-bond donors (Lipinski definition) is 2. The molecule has 9 heteroatoms. The highest BCUT2D eigenvalue weighted by atomic mass is 32.2. The second kappa shape index (κ2) is 11.8. The van der Waals surface area contributed by atoms with Crippen LogP contribution in [0.5, 0.6) is 0 Å². The summed E-state index contributed by atoms with van der Waals surface area (Å²) in [5, 5.41) is 13.2. The standard InChI is InChI=1S/C32H38N6O2S/c1-23-20-24(2)28(35-26-12-14-36(15-13-26)29-9-5-4-8-25(29)22-33)21-27(23)32(39)38-18-16-37(17-19-38)30-10-6-7-11-31(30)41(3,34)40/h4-11,20-21,26,34-35H,12-19H2,1-3H3/t41-/m1/s1. The molecule has 0 aliphatic carbocycles. The van der Waals surface area contributed by atoms with E-state index >= 15 is 0 Å². The first-order valence-electron chi connectivity index (χ1n) is 14.1. The molecule has 0 unspecified atom stereocenters. The molecule has 0 spiro atoms. The van der Waals surface area contributed by atoms with Crippen LogP contribution < -0.4 is 15.1 Å². The van der Waals surface area contributed by atoms with Gasteiger partial charge in [0.25, 0.3) is 5.91 Å². The number of carbonyl (C=O) groups excluding carboxylic acids is 1. The molecular weight excluding hydrogens is 532 g/mol. The van der Waals surface area contributed by atoms with Crippen LogP contribution in [0, 0.1) is 30.0 Å². The van der Waals surface area contributed by atoms with E-state index < -0.39 is 9.73 Å². The van der Waals surface area contributed by atoms with Crippen molar-refractivity contribution >= 4 is 32.7 Å². The van der Waals surface area contributed by atoms with E-state index in [0.29, 0.717) is 42.7 Å². The minimum absolute atomic E-state index is 0.0289. The van der Waals surface area contributed by atoms with Crippen LogP contribution >= 0.6 is 0 Å². The lowest BCUT2D eigenvalue weighted by molar-refractivity contribution is 0.0746. The minimum Gasteiger partial charge on any atom is -0.382 e. The number of nitrogens with one attached hydrogen (secondary N) is 2. The number of aryl methyl sites for hydroxylation is 2. The van der Waals surface area contributed by atoms with Crippen LogP contribution in [0.25, 0.3) is 0 Å². The molecule has 2 aliphatic rings. The molecule has 5 rings (SSSR count). The maximum absolute atomic E-state index is 13.7. The van der Waals surface area contributed by atoms with Crippen molar-refractivity contribution in [3.63, 3.8) is 0 Å². The summed E-state index contributed by atoms with van der Waals surface area (Å²) in [7, 11) is -2.85. The van der Waals surface area contributed by atoms with Gasteiger partial charge in [0.15, 0.2) is 0 Å². The minimum atomic E-state index is -2.85. The Morgan fingerprint density at radius 2 is 1.51 bits per heavy atom. The van der Waals surface area contributed by atoms with Gasteiger partial charge >= 0.3 is 0 Å². The second-order valence-electron chi connectivity index (χ2n) is 11.1. The number of hydrogen-bond acceptors (Lipinski definition) is 7. The van der Waals surface area contributed by atoms with E-state index in [1.807, 2.05) is 60.4 Å². The number of anilines is 3. The lowest BCUT2D eigenvalue weighted by Gasteiger charge is -2.37. The highest BCUT2D eigenvalue weighted by Gasteiger charge is 2.27. The van der Waals surface area contributed by atoms with Crippen molar-refractivity contribution in [2.45, 2.75) is 37.6 Å². The van der Waals surface area contributed by atoms with Gasteiger partial charge in [0.1, 0.15) is 6.07 Å². The zero-order valence-corrected chi connectivity index (χ0v) is 24.8. The van der Waals surface area contributed by atoms with Gasteiger partial charge in [0.05, 0.1) is 31.6 Å². The third-order valence-corrected chi connectivity index (χ3v) is 9.40. The number of benzene rings is 3. The molecule has 41 heavy (non-hydrogen) atoms. The van der Waals surface area contributed by atoms with Gasteiger partial charge in [-0.3, -0.25) is 4.79 Å². The number of piperazine rings is 1. The summed E-state index contributed by atoms with van der Waals surface area (Å²) < 4.78 is 20.6. The Morgan fingerprint density at radius 1 is 0.902 bits per heavy atom. The van der Waals surface area contributed by atoms with Crippen molar-refractivity contribution in [3.05, 3.63) is 82.9 Å². The molecular formula is C32H38N6O2S. The normalized spacial score (nSPS) is 17.6. The van der Waals surface area contributed by atoms with Crippen LogP contribution in [0.2, 0.25) is 0 Å². The van der Waals surface area contributed by atoms with Gasteiger partial charge in [-0.25, -0.2) is 8.99 Å². The van der Waals surface area contributed by atoms with Crippen molar-refractivity contribution < 1.29 is 9.00 Å². The Bertz CT molecular complexity index is 1580. The first-order chi connectivity index (χ1) is 19.7. The van der Waals surface area contributed by atoms with E-state index in [2.05, 4.69) is 34.2 Å². The molecule has 3 aromatic rings. The van der Waals surface area contributed by atoms with Gasteiger partial charge < -0.3 is 20.0 Å². The Morgan fingerprint density at radius 3 is 2.17 bits per heavy atom. The van der Waals surface area contributed by atoms with E-state index in [-0.39, 0.29) is 5.91 Å². The van der Waals surface area contributed by atoms with Gasteiger partial charge in [0, 0.05) is 62.8 Å². The summed E-state index contributed by atoms with van der Waals surface area (Å²) in [6.07, 6.45) is 3.35. The largest absolute Gasteiger partial charge is 0.382 e. The van der Waals surface area contributed by atoms with E-state index in [4.69, 9.17) is 4.78 Å². The van der Waals surface area contributed by atoms with Gasteiger partial charge in [-0.05, 0) is 68.1 Å². The number of para-hydroxylation sites is 2. The van der Waals surface area contributed by atoms with Crippen LogP contribution in [0.1, 0.15) is 39.9 Å². The predicted octanol–water partition coefficient (Wildman–Crippen LogP) is 5.25. The molecule has 2 aliphatic heterocycles. The molecule has 2 saturated heterocycles. The molecule has 3 aromatic carbocycles. The second-order valence-corrected chi connectivity index (χ2v) is 13.2. The molecule has 1 atom stereocenters. The van der Waals surface area contributed by atoms with Crippen LogP contribution in [0.3, 0.4) is 0 Å². The maximum Gasteiger partial charge on any atom is 0.254 e. The first-order valence-corrected chi connectivity index (χ1v) is 16.1. The molecule has 8 nitrogen and oxygen atoms in total. The Labute approximate surface area is 243 Å². The molecule has 0 bridgehead atoms. The third kappa shape index (κ3) is 6.18. The van der Waals surface area contributed by atoms with Gasteiger partial charge in [-0.15, -0.1) is 0 Å². The molecule has 2 fully saturated rings. The first kappa shape index (κ1) is 28.5. The highest BCUT2D eigenvalue weighted by molar-refractivity contribution is 7.91. The van der Waals surface area contributed by atoms with Crippen molar-refractivity contribution in [1.82, 2.24) is 4.90 Å². The molecule has 214 valence electrons. The third-order valence-electron chi connectivity index (χ3n) is 8.21. The van der Waals surface area contributed by atoms with E-state index in [1.54, 1.807) is 6.07 Å². The van der Waals surface area contributed by atoms with Crippen molar-refractivity contribution in [2.24, 2.45) is 0 Å². The van der Waals surface area contributed by atoms with Crippen LogP contribution in [-0.4, -0.2) is 66.6 Å². The van der Waals surface area contributed by atoms with Gasteiger partial charge in [-0.2, -0.15) is 5.26 Å². The van der Waals surface area contributed by atoms with Gasteiger partial charge in [0.2, 0.25) is 0 Å². The zero-order valence-electron chi connectivity index (χ0n) is 24.0. The Hall–Kier alpha value is -4.03. The number of nitriles is 1. The fourth-order valence-electron chi connectivity index (χ4n) is 5.94. The smallest absolute Gasteiger partial charge is 0.254 e. The average Bonchev–Trinajstić information content (AvgIpc) is 2.98. The summed E-state index contributed by atoms with van der Waals surface area (Å²) >= 11 is 0. The summed E-state index contributed by atoms with van der Waals surface area (Å²) in [5.74, 6) is 0.0289. The van der Waals surface area contributed by atoms with Crippen LogP contribution in [0.4, 0.5) is 17.1 Å². The number of amides is 1. The molecule has 2 N–H and O–H groups in total. The summed E-state index contributed by atoms with van der Waals surface area (Å²) in [5.41, 5.74) is 6.33. The molecule has 0 aromatic heterocycles. The monoisotopic (exact) mass is 570 g/mol. The number of rotatable bonds is 6. The summed E-state index contributed by atoms with van der Waals surface area (Å²) in [4.78, 5) is 20.5. The number of nitrogens with zero attached hydrogens (tertiary/aromatic N) is 4. The van der Waals surface area contributed by atoms with Crippen LogP contribution in [-0.2, 0) is 9.73 Å². The topological polar surface area (TPSA) is 104 Å². The lowest BCUT2D eigenvalue weighted by atomic mass is 9.99. The molecule has 0 radical (unpaired) electrons. The van der Waals surface area contributed by atoms with E-state index in [0.717, 1.165) is 59.7 Å². The highest BCUT2D eigenvalue weighted by Crippen LogP contribution is 2.29. The maximum atomic E-state index is 13.7. The SMILES string of the molecule is Cc1cc(C)c(C(=O)N2CCN(c3ccccc3[S@](C)(=N)=O)CC2)cc1NC1CCN(c2ccccc2C#N)CC1. The fourth-order valence-corrected chi connectivity index (χ4v) is 6.87. The van der Waals surface area contributed by atoms with Crippen molar-refractivity contribution in [2.75, 3.05) is 60.6 Å². The summed E-state index contributed by atoms with van der Waals surface area (Å²) in [6.45, 7) is 8.19. The summed E-state index contributed by atoms with van der Waals surface area (Å²) in [6, 6.07) is 21.9. The lowest BCUT2D eigenvalue weighted by Crippen LogP contribution is -2.49. The Balaban J connectivity index is 1.24. The Kier molecular flexibility index (Phi) is 8.22. The quantitative estimate of drug-likeness (QED) is 0.419. The zero-order chi connectivity index (χ0) is 29.1. The van der Waals surface area contributed by atoms with E-state index in [1.165, 1.54) is 6.26 Å². The van der Waals surface area contributed by atoms with Crippen molar-refractivity contribution in [1.29, 1.82) is 10.0 Å². The molecule has 2 heterocycles. The number of carbonyl (C=O) groups is 1.